The maximum Gasteiger partial charge on any atom is 0.182 e. The van der Waals surface area contributed by atoms with Gasteiger partial charge in [-0.15, -0.1) is 0 Å². The number of rotatable bonds is 1. The summed E-state index contributed by atoms with van der Waals surface area (Å²) in [5, 5.41) is 0.733. The average molecular weight is 220 g/mol. The monoisotopic (exact) mass is 219 g/mol. The third-order valence-electron chi connectivity index (χ3n) is 2.24. The minimum absolute atomic E-state index is 0.00338. The second kappa shape index (κ2) is 3.91. The minimum Gasteiger partial charge on any atom is -0.361 e. The first-order chi connectivity index (χ1) is 7.16. The highest BCUT2D eigenvalue weighted by Gasteiger charge is 2.00. The molecule has 0 spiro atoms. The molecule has 0 bridgehead atoms. The molecule has 0 atom stereocenters. The predicted molar refractivity (Wildman–Crippen MR) is 62.2 cm³/mol. The van der Waals surface area contributed by atoms with E-state index < -0.39 is 0 Å². The van der Waals surface area contributed by atoms with Crippen LogP contribution in [-0.4, -0.2) is 4.98 Å². The Hall–Kier alpha value is -1.54. The van der Waals surface area contributed by atoms with E-state index in [4.69, 9.17) is 11.6 Å². The topological polar surface area (TPSA) is 32.9 Å². The van der Waals surface area contributed by atoms with Gasteiger partial charge in [-0.25, -0.2) is 0 Å². The van der Waals surface area contributed by atoms with Crippen molar-refractivity contribution in [1.29, 1.82) is 0 Å². The van der Waals surface area contributed by atoms with Crippen LogP contribution < -0.4 is 5.43 Å². The van der Waals surface area contributed by atoms with Crippen molar-refractivity contribution >= 4 is 11.6 Å². The largest absolute Gasteiger partial charge is 0.361 e. The minimum atomic E-state index is -0.00338. The number of aryl methyl sites for hydroxylation is 1. The molecule has 0 aliphatic rings. The number of benzene rings is 1. The van der Waals surface area contributed by atoms with Gasteiger partial charge in [-0.2, -0.15) is 0 Å². The molecule has 15 heavy (non-hydrogen) atoms. The van der Waals surface area contributed by atoms with E-state index in [1.807, 2.05) is 25.1 Å². The van der Waals surface area contributed by atoms with Gasteiger partial charge in [-0.3, -0.25) is 4.79 Å². The second-order valence-corrected chi connectivity index (χ2v) is 3.81. The molecule has 2 aromatic rings. The Morgan fingerprint density at radius 2 is 2.00 bits per heavy atom. The van der Waals surface area contributed by atoms with Crippen LogP contribution in [0.5, 0.6) is 0 Å². The summed E-state index contributed by atoms with van der Waals surface area (Å²) < 4.78 is 0. The van der Waals surface area contributed by atoms with Gasteiger partial charge < -0.3 is 4.98 Å². The number of H-pyrrole nitrogens is 1. The summed E-state index contributed by atoms with van der Waals surface area (Å²) in [7, 11) is 0. The highest BCUT2D eigenvalue weighted by molar-refractivity contribution is 6.31. The molecule has 0 saturated heterocycles. The van der Waals surface area contributed by atoms with Crippen molar-refractivity contribution in [2.45, 2.75) is 6.92 Å². The summed E-state index contributed by atoms with van der Waals surface area (Å²) in [6, 6.07) is 8.74. The molecule has 0 aliphatic heterocycles. The molecule has 1 heterocycles. The lowest BCUT2D eigenvalue weighted by Gasteiger charge is -2.03. The lowest BCUT2D eigenvalue weighted by Crippen LogP contribution is -1.98. The van der Waals surface area contributed by atoms with Crippen molar-refractivity contribution in [2.24, 2.45) is 0 Å². The summed E-state index contributed by atoms with van der Waals surface area (Å²) in [5.74, 6) is 0. The zero-order valence-corrected chi connectivity index (χ0v) is 9.01. The molecule has 0 aliphatic carbocycles. The zero-order chi connectivity index (χ0) is 10.8. The van der Waals surface area contributed by atoms with Crippen LogP contribution in [0.4, 0.5) is 0 Å². The van der Waals surface area contributed by atoms with E-state index in [1.165, 1.54) is 6.07 Å². The third kappa shape index (κ3) is 2.10. The van der Waals surface area contributed by atoms with Gasteiger partial charge in [-0.1, -0.05) is 17.7 Å². The van der Waals surface area contributed by atoms with Crippen LogP contribution >= 0.6 is 11.6 Å². The summed E-state index contributed by atoms with van der Waals surface area (Å²) >= 11 is 5.93. The fraction of sp³-hybridized carbons (Fsp3) is 0.0833. The highest BCUT2D eigenvalue weighted by Crippen LogP contribution is 2.22. The number of nitrogens with one attached hydrogen (secondary N) is 1. The number of halogens is 1. The van der Waals surface area contributed by atoms with Crippen LogP contribution in [0.1, 0.15) is 5.56 Å². The first-order valence-electron chi connectivity index (χ1n) is 4.62. The van der Waals surface area contributed by atoms with Crippen LogP contribution in [0, 0.1) is 6.92 Å². The molecule has 0 unspecified atom stereocenters. The Balaban J connectivity index is 2.55. The lowest BCUT2D eigenvalue weighted by molar-refractivity contribution is 1.30. The average Bonchev–Trinajstić information content (AvgIpc) is 2.22. The van der Waals surface area contributed by atoms with Crippen molar-refractivity contribution in [2.75, 3.05) is 0 Å². The number of hydrogen-bond acceptors (Lipinski definition) is 1. The van der Waals surface area contributed by atoms with E-state index in [9.17, 15) is 4.79 Å². The van der Waals surface area contributed by atoms with Crippen molar-refractivity contribution in [3.63, 3.8) is 0 Å². The lowest BCUT2D eigenvalue weighted by atomic mass is 10.1. The van der Waals surface area contributed by atoms with Gasteiger partial charge in [0, 0.05) is 29.0 Å². The molecule has 0 saturated carbocycles. The van der Waals surface area contributed by atoms with Gasteiger partial charge in [0.25, 0.3) is 0 Å². The predicted octanol–water partition coefficient (Wildman–Crippen LogP) is 3.00. The Morgan fingerprint density at radius 3 is 2.67 bits per heavy atom. The van der Waals surface area contributed by atoms with Crippen LogP contribution in [-0.2, 0) is 0 Å². The van der Waals surface area contributed by atoms with Crippen molar-refractivity contribution in [1.82, 2.24) is 4.98 Å². The molecule has 76 valence electrons. The molecule has 0 fully saturated rings. The normalized spacial score (nSPS) is 10.3. The first kappa shape index (κ1) is 9.99. The SMILES string of the molecule is Cc1cc(-c2cc(=O)cc[nH]2)ccc1Cl. The molecule has 3 heteroatoms. The molecule has 2 rings (SSSR count). The number of aromatic nitrogens is 1. The Labute approximate surface area is 92.5 Å². The molecule has 0 radical (unpaired) electrons. The smallest absolute Gasteiger partial charge is 0.182 e. The zero-order valence-electron chi connectivity index (χ0n) is 8.25. The van der Waals surface area contributed by atoms with Crippen molar-refractivity contribution < 1.29 is 0 Å². The van der Waals surface area contributed by atoms with Crippen LogP contribution in [0.15, 0.2) is 41.3 Å². The van der Waals surface area contributed by atoms with E-state index in [-0.39, 0.29) is 5.43 Å². The molecule has 0 amide bonds. The molecular formula is C12H10ClNO. The standard InChI is InChI=1S/C12H10ClNO/c1-8-6-9(2-3-11(8)13)12-7-10(15)4-5-14-12/h2-7H,1H3,(H,14,15). The maximum atomic E-state index is 11.2. The Morgan fingerprint density at radius 1 is 1.20 bits per heavy atom. The first-order valence-corrected chi connectivity index (χ1v) is 5.00. The summed E-state index contributed by atoms with van der Waals surface area (Å²) in [6.45, 7) is 1.94. The van der Waals surface area contributed by atoms with Crippen molar-refractivity contribution in [3.8, 4) is 11.3 Å². The van der Waals surface area contributed by atoms with Gasteiger partial charge in [0.15, 0.2) is 5.43 Å². The molecular weight excluding hydrogens is 210 g/mol. The van der Waals surface area contributed by atoms with E-state index in [1.54, 1.807) is 12.3 Å². The van der Waals surface area contributed by atoms with Crippen molar-refractivity contribution in [3.05, 3.63) is 57.3 Å². The highest BCUT2D eigenvalue weighted by atomic mass is 35.5. The number of pyridine rings is 1. The molecule has 2 nitrogen and oxygen atoms in total. The van der Waals surface area contributed by atoms with E-state index in [0.29, 0.717) is 0 Å². The van der Waals surface area contributed by atoms with Gasteiger partial charge >= 0.3 is 0 Å². The van der Waals surface area contributed by atoms with Crippen LogP contribution in [0.25, 0.3) is 11.3 Å². The maximum absolute atomic E-state index is 11.2. The third-order valence-corrected chi connectivity index (χ3v) is 2.67. The Bertz CT molecular complexity index is 545. The molecule has 1 aromatic heterocycles. The van der Waals surface area contributed by atoms with Gasteiger partial charge in [-0.05, 0) is 30.2 Å². The van der Waals surface area contributed by atoms with E-state index in [2.05, 4.69) is 4.98 Å². The van der Waals surface area contributed by atoms with Gasteiger partial charge in [0.2, 0.25) is 0 Å². The second-order valence-electron chi connectivity index (χ2n) is 3.40. The Kier molecular flexibility index (Phi) is 2.60. The quantitative estimate of drug-likeness (QED) is 0.786. The fourth-order valence-corrected chi connectivity index (χ4v) is 1.54. The fourth-order valence-electron chi connectivity index (χ4n) is 1.42. The number of hydrogen-bond donors (Lipinski definition) is 1. The van der Waals surface area contributed by atoms with E-state index in [0.717, 1.165) is 21.8 Å². The number of aromatic amines is 1. The summed E-state index contributed by atoms with van der Waals surface area (Å²) in [4.78, 5) is 14.2. The molecule has 1 aromatic carbocycles. The van der Waals surface area contributed by atoms with E-state index >= 15 is 0 Å². The van der Waals surface area contributed by atoms with Gasteiger partial charge in [0.05, 0.1) is 0 Å². The molecule has 1 N–H and O–H groups in total. The van der Waals surface area contributed by atoms with Crippen LogP contribution in [0.3, 0.4) is 0 Å². The van der Waals surface area contributed by atoms with Crippen LogP contribution in [0.2, 0.25) is 5.02 Å². The summed E-state index contributed by atoms with van der Waals surface area (Å²) in [6.07, 6.45) is 1.64. The van der Waals surface area contributed by atoms with Gasteiger partial charge in [0.1, 0.15) is 0 Å². The summed E-state index contributed by atoms with van der Waals surface area (Å²) in [5.41, 5.74) is 2.77.